The van der Waals surface area contributed by atoms with Crippen LogP contribution in [0.5, 0.6) is 0 Å². The van der Waals surface area contributed by atoms with E-state index in [1.165, 1.54) is 14.2 Å². The van der Waals surface area contributed by atoms with E-state index in [9.17, 15) is 14.4 Å². The van der Waals surface area contributed by atoms with E-state index in [2.05, 4.69) is 10.1 Å². The number of carbonyl (C=O) groups is 3. The third-order valence-electron chi connectivity index (χ3n) is 2.67. The Balaban J connectivity index is 4.79. The standard InChI is InChI=1S/C13H24N2O6/c1-9(2)7-10(12(18)21-4)14-13(19)15(5-6-20-3)8-11(16)17/h9-10H,5-8H2,1-4H3,(H,14,19)(H,16,17). The molecule has 0 aromatic carbocycles. The second-order valence-corrected chi connectivity index (χ2v) is 4.96. The highest BCUT2D eigenvalue weighted by molar-refractivity contribution is 5.85. The first kappa shape index (κ1) is 19.2. The summed E-state index contributed by atoms with van der Waals surface area (Å²) in [5.41, 5.74) is 0. The number of carboxylic acid groups (broad SMARTS) is 1. The van der Waals surface area contributed by atoms with Gasteiger partial charge in [0, 0.05) is 13.7 Å². The molecule has 122 valence electrons. The molecule has 2 N–H and O–H groups in total. The van der Waals surface area contributed by atoms with E-state index in [-0.39, 0.29) is 19.1 Å². The Kier molecular flexibility index (Phi) is 9.11. The molecule has 2 amide bonds. The van der Waals surface area contributed by atoms with Crippen molar-refractivity contribution in [1.82, 2.24) is 10.2 Å². The normalized spacial score (nSPS) is 11.9. The van der Waals surface area contributed by atoms with Gasteiger partial charge in [0.05, 0.1) is 13.7 Å². The van der Waals surface area contributed by atoms with Crippen LogP contribution in [0.1, 0.15) is 20.3 Å². The number of ether oxygens (including phenoxy) is 2. The van der Waals surface area contributed by atoms with Gasteiger partial charge in [0.15, 0.2) is 0 Å². The minimum Gasteiger partial charge on any atom is -0.480 e. The summed E-state index contributed by atoms with van der Waals surface area (Å²) in [6.45, 7) is 3.66. The van der Waals surface area contributed by atoms with E-state index in [4.69, 9.17) is 9.84 Å². The van der Waals surface area contributed by atoms with Crippen molar-refractivity contribution in [2.75, 3.05) is 33.9 Å². The van der Waals surface area contributed by atoms with Gasteiger partial charge in [-0.2, -0.15) is 0 Å². The number of urea groups is 1. The van der Waals surface area contributed by atoms with Gasteiger partial charge in [-0.05, 0) is 12.3 Å². The number of carbonyl (C=O) groups excluding carboxylic acids is 2. The minimum absolute atomic E-state index is 0.115. The minimum atomic E-state index is -1.14. The van der Waals surface area contributed by atoms with Gasteiger partial charge in [0.1, 0.15) is 12.6 Å². The Morgan fingerprint density at radius 3 is 2.29 bits per heavy atom. The van der Waals surface area contributed by atoms with Crippen molar-refractivity contribution in [3.8, 4) is 0 Å². The zero-order valence-corrected chi connectivity index (χ0v) is 12.9. The molecule has 0 heterocycles. The van der Waals surface area contributed by atoms with Crippen LogP contribution in [-0.4, -0.2) is 67.9 Å². The maximum absolute atomic E-state index is 12.1. The highest BCUT2D eigenvalue weighted by Crippen LogP contribution is 2.07. The molecular formula is C13H24N2O6. The van der Waals surface area contributed by atoms with Crippen LogP contribution in [0.15, 0.2) is 0 Å². The van der Waals surface area contributed by atoms with Crippen molar-refractivity contribution in [1.29, 1.82) is 0 Å². The third kappa shape index (κ3) is 8.13. The zero-order valence-electron chi connectivity index (χ0n) is 12.9. The van der Waals surface area contributed by atoms with Crippen molar-refractivity contribution in [3.05, 3.63) is 0 Å². The van der Waals surface area contributed by atoms with E-state index in [0.29, 0.717) is 6.42 Å². The molecule has 21 heavy (non-hydrogen) atoms. The maximum Gasteiger partial charge on any atom is 0.328 e. The number of carboxylic acids is 1. The molecule has 0 aliphatic rings. The summed E-state index contributed by atoms with van der Waals surface area (Å²) < 4.78 is 9.48. The average Bonchev–Trinajstić information content (AvgIpc) is 2.40. The fraction of sp³-hybridized carbons (Fsp3) is 0.769. The molecule has 0 fully saturated rings. The monoisotopic (exact) mass is 304 g/mol. The van der Waals surface area contributed by atoms with Crippen molar-refractivity contribution in [2.24, 2.45) is 5.92 Å². The van der Waals surface area contributed by atoms with Gasteiger partial charge in [0.25, 0.3) is 0 Å². The van der Waals surface area contributed by atoms with Gasteiger partial charge >= 0.3 is 18.0 Å². The van der Waals surface area contributed by atoms with Gasteiger partial charge < -0.3 is 24.8 Å². The lowest BCUT2D eigenvalue weighted by atomic mass is 10.0. The summed E-state index contributed by atoms with van der Waals surface area (Å²) >= 11 is 0. The number of rotatable bonds is 9. The molecular weight excluding hydrogens is 280 g/mol. The first-order valence-electron chi connectivity index (χ1n) is 6.65. The summed E-state index contributed by atoms with van der Waals surface area (Å²) in [4.78, 5) is 35.6. The summed E-state index contributed by atoms with van der Waals surface area (Å²) in [6, 6.07) is -1.44. The summed E-state index contributed by atoms with van der Waals surface area (Å²) in [5, 5.41) is 11.3. The molecule has 0 aliphatic heterocycles. The summed E-state index contributed by atoms with van der Waals surface area (Å²) in [6.07, 6.45) is 0.406. The number of hydrogen-bond donors (Lipinski definition) is 2. The molecule has 0 bridgehead atoms. The number of nitrogens with zero attached hydrogens (tertiary/aromatic N) is 1. The molecule has 0 radical (unpaired) electrons. The number of amides is 2. The Labute approximate surface area is 124 Å². The van der Waals surface area contributed by atoms with E-state index < -0.39 is 30.6 Å². The number of esters is 1. The Bertz CT molecular complexity index is 359. The number of nitrogens with one attached hydrogen (secondary N) is 1. The first-order valence-corrected chi connectivity index (χ1v) is 6.65. The second kappa shape index (κ2) is 9.98. The molecule has 0 saturated carbocycles. The number of methoxy groups -OCH3 is 2. The van der Waals surface area contributed by atoms with Crippen LogP contribution in [0.4, 0.5) is 4.79 Å². The molecule has 8 nitrogen and oxygen atoms in total. The van der Waals surface area contributed by atoms with Gasteiger partial charge in [-0.3, -0.25) is 4.79 Å². The van der Waals surface area contributed by atoms with E-state index in [1.807, 2.05) is 13.8 Å². The third-order valence-corrected chi connectivity index (χ3v) is 2.67. The predicted molar refractivity (Wildman–Crippen MR) is 74.9 cm³/mol. The van der Waals surface area contributed by atoms with Crippen molar-refractivity contribution < 1.29 is 29.0 Å². The van der Waals surface area contributed by atoms with Crippen LogP contribution in [0.25, 0.3) is 0 Å². The van der Waals surface area contributed by atoms with Gasteiger partial charge in [-0.25, -0.2) is 9.59 Å². The Morgan fingerprint density at radius 1 is 1.24 bits per heavy atom. The van der Waals surface area contributed by atoms with Gasteiger partial charge in [-0.1, -0.05) is 13.8 Å². The molecule has 0 aliphatic carbocycles. The lowest BCUT2D eigenvalue weighted by Gasteiger charge is -2.24. The first-order chi connectivity index (χ1) is 9.81. The number of aliphatic carboxylic acids is 1. The van der Waals surface area contributed by atoms with Crippen LogP contribution in [0.2, 0.25) is 0 Å². The van der Waals surface area contributed by atoms with Crippen LogP contribution >= 0.6 is 0 Å². The molecule has 0 aromatic heterocycles. The van der Waals surface area contributed by atoms with E-state index >= 15 is 0 Å². The van der Waals surface area contributed by atoms with Crippen LogP contribution in [-0.2, 0) is 19.1 Å². The topological polar surface area (TPSA) is 105 Å². The molecule has 0 saturated heterocycles. The molecule has 0 aromatic rings. The van der Waals surface area contributed by atoms with Gasteiger partial charge in [0.2, 0.25) is 0 Å². The zero-order chi connectivity index (χ0) is 16.4. The highest BCUT2D eigenvalue weighted by atomic mass is 16.5. The largest absolute Gasteiger partial charge is 0.480 e. The highest BCUT2D eigenvalue weighted by Gasteiger charge is 2.25. The Morgan fingerprint density at radius 2 is 1.86 bits per heavy atom. The quantitative estimate of drug-likeness (QED) is 0.594. The van der Waals surface area contributed by atoms with Crippen molar-refractivity contribution >= 4 is 18.0 Å². The predicted octanol–water partition coefficient (Wildman–Crippen LogP) is 0.317. The lowest BCUT2D eigenvalue weighted by Crippen LogP contribution is -2.50. The molecule has 1 atom stereocenters. The summed E-state index contributed by atoms with van der Waals surface area (Å²) in [5.74, 6) is -1.53. The van der Waals surface area contributed by atoms with Crippen LogP contribution in [0.3, 0.4) is 0 Å². The number of hydrogen-bond acceptors (Lipinski definition) is 5. The second-order valence-electron chi connectivity index (χ2n) is 4.96. The van der Waals surface area contributed by atoms with Gasteiger partial charge in [-0.15, -0.1) is 0 Å². The fourth-order valence-electron chi connectivity index (χ4n) is 1.69. The molecule has 0 spiro atoms. The molecule has 0 rings (SSSR count). The smallest absolute Gasteiger partial charge is 0.328 e. The maximum atomic E-state index is 12.1. The Hall–Kier alpha value is -1.83. The van der Waals surface area contributed by atoms with Crippen LogP contribution in [0, 0.1) is 5.92 Å². The fourth-order valence-corrected chi connectivity index (χ4v) is 1.69. The molecule has 8 heteroatoms. The van der Waals surface area contributed by atoms with E-state index in [1.54, 1.807) is 0 Å². The molecule has 1 unspecified atom stereocenters. The van der Waals surface area contributed by atoms with Crippen molar-refractivity contribution in [3.63, 3.8) is 0 Å². The van der Waals surface area contributed by atoms with Crippen molar-refractivity contribution in [2.45, 2.75) is 26.3 Å². The summed E-state index contributed by atoms with van der Waals surface area (Å²) in [7, 11) is 2.69. The SMILES string of the molecule is COCCN(CC(=O)O)C(=O)NC(CC(C)C)C(=O)OC. The van der Waals surface area contributed by atoms with E-state index in [0.717, 1.165) is 4.90 Å². The average molecular weight is 304 g/mol. The lowest BCUT2D eigenvalue weighted by molar-refractivity contribution is -0.143. The van der Waals surface area contributed by atoms with Crippen LogP contribution < -0.4 is 5.32 Å².